The van der Waals surface area contributed by atoms with E-state index in [4.69, 9.17) is 26.7 Å². The molecule has 2 aliphatic rings. The smallest absolute Gasteiger partial charge is 0.203 e. The van der Waals surface area contributed by atoms with Gasteiger partial charge < -0.3 is 13.9 Å². The van der Waals surface area contributed by atoms with Crippen LogP contribution < -0.4 is 5.62 Å². The molecule has 2 aromatic heterocycles. The van der Waals surface area contributed by atoms with Crippen LogP contribution in [0.4, 0.5) is 0 Å². The van der Waals surface area contributed by atoms with Gasteiger partial charge in [-0.1, -0.05) is 29.8 Å². The number of hydrogen-bond acceptors (Lipinski definition) is 3. The van der Waals surface area contributed by atoms with Crippen molar-refractivity contribution in [2.75, 3.05) is 13.2 Å². The Hall–Kier alpha value is -2.63. The number of nitrogens with one attached hydrogen (secondary N) is 1. The van der Waals surface area contributed by atoms with E-state index in [2.05, 4.69) is 34.9 Å². The first-order valence-electron chi connectivity index (χ1n) is 11.5. The van der Waals surface area contributed by atoms with Crippen molar-refractivity contribution >= 4 is 33.5 Å². The molecule has 1 saturated carbocycles. The van der Waals surface area contributed by atoms with Gasteiger partial charge in [-0.2, -0.15) is 0 Å². The van der Waals surface area contributed by atoms with E-state index in [0.29, 0.717) is 11.7 Å². The molecule has 6 rings (SSSR count). The number of ether oxygens (including phenoxy) is 1. The monoisotopic (exact) mass is 446 g/mol. The molecule has 6 heteroatoms. The molecule has 1 aliphatic heterocycles. The fourth-order valence-corrected chi connectivity index (χ4v) is 5.76. The predicted octanol–water partition coefficient (Wildman–Crippen LogP) is 5.71. The molecular weight excluding hydrogens is 420 g/mol. The number of pyridine rings is 1. The summed E-state index contributed by atoms with van der Waals surface area (Å²) in [7, 11) is 1.98. The number of hydrogen-bond donors (Lipinski definition) is 1. The lowest BCUT2D eigenvalue weighted by molar-refractivity contribution is 0.0149. The van der Waals surface area contributed by atoms with Gasteiger partial charge in [0.25, 0.3) is 0 Å². The van der Waals surface area contributed by atoms with Gasteiger partial charge in [0.1, 0.15) is 0 Å². The van der Waals surface area contributed by atoms with E-state index in [1.807, 2.05) is 29.9 Å². The van der Waals surface area contributed by atoms with Crippen molar-refractivity contribution < 1.29 is 4.74 Å². The van der Waals surface area contributed by atoms with Crippen LogP contribution in [0.1, 0.15) is 31.7 Å². The summed E-state index contributed by atoms with van der Waals surface area (Å²) in [6.45, 7) is 1.81. The molecule has 0 spiro atoms. The molecule has 5 nitrogen and oxygen atoms in total. The highest BCUT2D eigenvalue weighted by atomic mass is 35.5. The predicted molar refractivity (Wildman–Crippen MR) is 128 cm³/mol. The summed E-state index contributed by atoms with van der Waals surface area (Å²) in [6, 6.07) is 14.8. The van der Waals surface area contributed by atoms with Gasteiger partial charge in [0.15, 0.2) is 0 Å². The zero-order chi connectivity index (χ0) is 21.8. The van der Waals surface area contributed by atoms with E-state index in [1.165, 1.54) is 12.8 Å². The molecule has 4 aromatic rings. The molecule has 32 heavy (non-hydrogen) atoms. The van der Waals surface area contributed by atoms with Crippen molar-refractivity contribution in [3.63, 3.8) is 0 Å². The zero-order valence-corrected chi connectivity index (χ0v) is 19.0. The van der Waals surface area contributed by atoms with Crippen LogP contribution in [-0.2, 0) is 11.8 Å². The standard InChI is InChI=1S/C26H27ClN4O/c1-30-24-15-29-23-7-4-18(16-2-5-20(27)6-3-16)14-22(23)25(24)31(26(30)28)21-12-19(13-21)17-8-10-32-11-9-17/h2-7,14-15,17,19,21,28H,8-13H2,1H3. The van der Waals surface area contributed by atoms with Gasteiger partial charge >= 0.3 is 0 Å². The topological polar surface area (TPSA) is 55.8 Å². The molecular formula is C26H27ClN4O. The van der Waals surface area contributed by atoms with E-state index < -0.39 is 0 Å². The first-order chi connectivity index (χ1) is 15.6. The summed E-state index contributed by atoms with van der Waals surface area (Å²) in [5.41, 5.74) is 5.94. The van der Waals surface area contributed by atoms with Gasteiger partial charge in [-0.3, -0.25) is 10.4 Å². The first kappa shape index (κ1) is 20.0. The maximum absolute atomic E-state index is 8.88. The van der Waals surface area contributed by atoms with Crippen molar-refractivity contribution in [2.24, 2.45) is 18.9 Å². The van der Waals surface area contributed by atoms with Crippen molar-refractivity contribution in [2.45, 2.75) is 31.7 Å². The van der Waals surface area contributed by atoms with Gasteiger partial charge in [0, 0.05) is 36.7 Å². The highest BCUT2D eigenvalue weighted by Crippen LogP contribution is 2.46. The van der Waals surface area contributed by atoms with Crippen molar-refractivity contribution in [1.82, 2.24) is 14.1 Å². The highest BCUT2D eigenvalue weighted by molar-refractivity contribution is 6.30. The Morgan fingerprint density at radius 1 is 1.00 bits per heavy atom. The minimum absolute atomic E-state index is 0.379. The van der Waals surface area contributed by atoms with Crippen LogP contribution in [0.5, 0.6) is 0 Å². The number of imidazole rings is 1. The van der Waals surface area contributed by atoms with Crippen LogP contribution in [-0.4, -0.2) is 27.3 Å². The minimum atomic E-state index is 0.379. The third-order valence-corrected chi connectivity index (χ3v) is 7.85. The van der Waals surface area contributed by atoms with Gasteiger partial charge in [-0.15, -0.1) is 0 Å². The van der Waals surface area contributed by atoms with Gasteiger partial charge in [0.05, 0.1) is 22.7 Å². The molecule has 0 unspecified atom stereocenters. The second-order valence-corrected chi connectivity index (χ2v) is 9.76. The van der Waals surface area contributed by atoms with Gasteiger partial charge in [-0.05, 0) is 72.9 Å². The summed E-state index contributed by atoms with van der Waals surface area (Å²) in [4.78, 5) is 4.71. The lowest BCUT2D eigenvalue weighted by Crippen LogP contribution is -2.38. The maximum atomic E-state index is 8.88. The van der Waals surface area contributed by atoms with Crippen LogP contribution in [0, 0.1) is 17.2 Å². The molecule has 164 valence electrons. The van der Waals surface area contributed by atoms with Crippen molar-refractivity contribution in [3.8, 4) is 11.1 Å². The summed E-state index contributed by atoms with van der Waals surface area (Å²) in [5.74, 6) is 1.53. The Balaban J connectivity index is 1.45. The average molecular weight is 447 g/mol. The summed E-state index contributed by atoms with van der Waals surface area (Å²) >= 11 is 6.09. The van der Waals surface area contributed by atoms with Crippen LogP contribution in [0.2, 0.25) is 5.02 Å². The molecule has 0 bridgehead atoms. The largest absolute Gasteiger partial charge is 0.381 e. The number of aromatic nitrogens is 3. The molecule has 1 N–H and O–H groups in total. The number of fused-ring (bicyclic) bond motifs is 3. The highest BCUT2D eigenvalue weighted by Gasteiger charge is 2.38. The Kier molecular flexibility index (Phi) is 4.85. The fourth-order valence-electron chi connectivity index (χ4n) is 5.64. The second-order valence-electron chi connectivity index (χ2n) is 9.32. The Morgan fingerprint density at radius 2 is 1.72 bits per heavy atom. The third kappa shape index (κ3) is 3.18. The normalized spacial score (nSPS) is 21.8. The zero-order valence-electron chi connectivity index (χ0n) is 18.2. The summed E-state index contributed by atoms with van der Waals surface area (Å²) in [5, 5.41) is 10.7. The summed E-state index contributed by atoms with van der Waals surface area (Å²) < 4.78 is 9.80. The minimum Gasteiger partial charge on any atom is -0.381 e. The number of nitrogens with zero attached hydrogens (tertiary/aromatic N) is 3. The SMILES string of the molecule is Cn1c(=N)n(C2CC(C3CCOCC3)C2)c2c3cc(-c4ccc(Cl)cc4)ccc3ncc21. The van der Waals surface area contributed by atoms with Crippen LogP contribution in [0.25, 0.3) is 33.1 Å². The number of rotatable bonds is 3. The van der Waals surface area contributed by atoms with Crippen molar-refractivity contribution in [1.29, 1.82) is 5.41 Å². The molecule has 0 radical (unpaired) electrons. The Morgan fingerprint density at radius 3 is 2.47 bits per heavy atom. The molecule has 0 amide bonds. The molecule has 3 heterocycles. The maximum Gasteiger partial charge on any atom is 0.203 e. The fraction of sp³-hybridized carbons (Fsp3) is 0.385. The third-order valence-electron chi connectivity index (χ3n) is 7.59. The van der Waals surface area contributed by atoms with Gasteiger partial charge in [-0.25, -0.2) is 0 Å². The summed E-state index contributed by atoms with van der Waals surface area (Å²) in [6.07, 6.45) is 6.59. The van der Waals surface area contributed by atoms with Crippen LogP contribution >= 0.6 is 11.6 Å². The van der Waals surface area contributed by atoms with Crippen molar-refractivity contribution in [3.05, 3.63) is 59.3 Å². The van der Waals surface area contributed by atoms with E-state index >= 15 is 0 Å². The molecule has 2 aromatic carbocycles. The Labute approximate surface area is 192 Å². The van der Waals surface area contributed by atoms with E-state index in [0.717, 1.165) is 76.0 Å². The molecule has 0 atom stereocenters. The lowest BCUT2D eigenvalue weighted by atomic mass is 9.69. The van der Waals surface area contributed by atoms with E-state index in [-0.39, 0.29) is 0 Å². The number of halogens is 1. The van der Waals surface area contributed by atoms with Crippen LogP contribution in [0.3, 0.4) is 0 Å². The van der Waals surface area contributed by atoms with Gasteiger partial charge in [0.2, 0.25) is 5.62 Å². The number of aryl methyl sites for hydroxylation is 1. The van der Waals surface area contributed by atoms with E-state index in [9.17, 15) is 0 Å². The van der Waals surface area contributed by atoms with Crippen LogP contribution in [0.15, 0.2) is 48.7 Å². The lowest BCUT2D eigenvalue weighted by Gasteiger charge is -2.42. The number of benzene rings is 2. The average Bonchev–Trinajstić information content (AvgIpc) is 3.05. The second kappa shape index (κ2) is 7.75. The first-order valence-corrected chi connectivity index (χ1v) is 11.9. The quantitative estimate of drug-likeness (QED) is 0.438. The molecule has 2 fully saturated rings. The Bertz CT molecular complexity index is 1360. The molecule has 1 saturated heterocycles. The van der Waals surface area contributed by atoms with E-state index in [1.54, 1.807) is 0 Å². The molecule has 1 aliphatic carbocycles.